The summed E-state index contributed by atoms with van der Waals surface area (Å²) in [6.07, 6.45) is -3.53. The van der Waals surface area contributed by atoms with E-state index in [-0.39, 0.29) is 4.88 Å². The predicted molar refractivity (Wildman–Crippen MR) is 67.3 cm³/mol. The van der Waals surface area contributed by atoms with Gasteiger partial charge in [0.25, 0.3) is 0 Å². The molecule has 0 aliphatic carbocycles. The summed E-state index contributed by atoms with van der Waals surface area (Å²) in [5.41, 5.74) is 0.879. The first-order valence-electron chi connectivity index (χ1n) is 4.62. The van der Waals surface area contributed by atoms with Crippen LogP contribution in [0, 0.1) is 6.92 Å². The average molecular weight is 356 g/mol. The SMILES string of the molecule is Cc1cc(C(=O)c2cnc(C(F)(F)F)s2)sc1Br. The summed E-state index contributed by atoms with van der Waals surface area (Å²) in [4.78, 5) is 15.6. The van der Waals surface area contributed by atoms with Crippen molar-refractivity contribution in [3.05, 3.63) is 36.4 Å². The van der Waals surface area contributed by atoms with Crippen molar-refractivity contribution >= 4 is 44.4 Å². The standard InChI is InChI=1S/C10H5BrF3NOS2/c1-4-2-5(17-8(4)11)7(16)6-3-15-9(18-6)10(12,13)14/h2-3H,1H3. The largest absolute Gasteiger partial charge is 0.443 e. The first-order chi connectivity index (χ1) is 8.29. The van der Waals surface area contributed by atoms with E-state index in [1.807, 2.05) is 6.92 Å². The maximum atomic E-state index is 12.4. The van der Waals surface area contributed by atoms with Crippen molar-refractivity contribution in [1.82, 2.24) is 4.98 Å². The molecular weight excluding hydrogens is 351 g/mol. The van der Waals surface area contributed by atoms with Crippen molar-refractivity contribution < 1.29 is 18.0 Å². The third-order valence-corrected chi connectivity index (χ3v) is 5.23. The third kappa shape index (κ3) is 2.65. The van der Waals surface area contributed by atoms with Crippen LogP contribution >= 0.6 is 38.6 Å². The number of thiazole rings is 1. The van der Waals surface area contributed by atoms with Crippen LogP contribution in [-0.2, 0) is 6.18 Å². The Morgan fingerprint density at radius 1 is 1.33 bits per heavy atom. The molecule has 8 heteroatoms. The number of thiophene rings is 1. The van der Waals surface area contributed by atoms with Crippen molar-refractivity contribution in [2.24, 2.45) is 0 Å². The smallest absolute Gasteiger partial charge is 0.287 e. The van der Waals surface area contributed by atoms with Gasteiger partial charge in [-0.05, 0) is 34.5 Å². The van der Waals surface area contributed by atoms with Gasteiger partial charge in [0.05, 0.1) is 13.5 Å². The van der Waals surface area contributed by atoms with E-state index >= 15 is 0 Å². The van der Waals surface area contributed by atoms with Gasteiger partial charge >= 0.3 is 6.18 Å². The fourth-order valence-corrected chi connectivity index (χ4v) is 3.49. The molecule has 96 valence electrons. The number of ketones is 1. The summed E-state index contributed by atoms with van der Waals surface area (Å²) in [6.45, 7) is 1.81. The number of aromatic nitrogens is 1. The number of aryl methyl sites for hydroxylation is 1. The molecule has 0 aliphatic heterocycles. The van der Waals surface area contributed by atoms with Gasteiger partial charge in [-0.25, -0.2) is 4.98 Å². The van der Waals surface area contributed by atoms with Crippen molar-refractivity contribution in [2.45, 2.75) is 13.1 Å². The quantitative estimate of drug-likeness (QED) is 0.741. The highest BCUT2D eigenvalue weighted by molar-refractivity contribution is 9.11. The fourth-order valence-electron chi connectivity index (χ4n) is 1.20. The number of hydrogen-bond donors (Lipinski definition) is 0. The summed E-state index contributed by atoms with van der Waals surface area (Å²) in [7, 11) is 0. The van der Waals surface area contributed by atoms with Gasteiger partial charge in [0.2, 0.25) is 5.78 Å². The molecule has 2 rings (SSSR count). The van der Waals surface area contributed by atoms with Crippen LogP contribution in [0.25, 0.3) is 0 Å². The van der Waals surface area contributed by atoms with E-state index in [4.69, 9.17) is 0 Å². The number of alkyl halides is 3. The summed E-state index contributed by atoms with van der Waals surface area (Å²) >= 11 is 4.83. The number of rotatable bonds is 2. The second kappa shape index (κ2) is 4.75. The minimum Gasteiger partial charge on any atom is -0.287 e. The highest BCUT2D eigenvalue weighted by Gasteiger charge is 2.35. The zero-order chi connectivity index (χ0) is 13.5. The van der Waals surface area contributed by atoms with Gasteiger partial charge in [-0.3, -0.25) is 4.79 Å². The Labute approximate surface area is 117 Å². The van der Waals surface area contributed by atoms with Crippen LogP contribution in [0.2, 0.25) is 0 Å². The number of halogens is 4. The first-order valence-corrected chi connectivity index (χ1v) is 7.05. The lowest BCUT2D eigenvalue weighted by Gasteiger charge is -1.98. The van der Waals surface area contributed by atoms with Crippen LogP contribution < -0.4 is 0 Å². The summed E-state index contributed by atoms with van der Waals surface area (Å²) in [5.74, 6) is -0.429. The molecule has 0 aromatic carbocycles. The van der Waals surface area contributed by atoms with E-state index in [1.54, 1.807) is 6.07 Å². The van der Waals surface area contributed by atoms with Crippen LogP contribution in [0.3, 0.4) is 0 Å². The molecule has 0 aliphatic rings. The van der Waals surface area contributed by atoms with Gasteiger partial charge in [0, 0.05) is 6.20 Å². The monoisotopic (exact) mass is 355 g/mol. The second-order valence-corrected chi connectivity index (χ2v) is 6.82. The molecule has 2 aromatic heterocycles. The minimum absolute atomic E-state index is 0.00363. The molecule has 18 heavy (non-hydrogen) atoms. The van der Waals surface area contributed by atoms with E-state index in [0.717, 1.165) is 15.5 Å². The molecule has 0 amide bonds. The lowest BCUT2D eigenvalue weighted by molar-refractivity contribution is -0.137. The van der Waals surface area contributed by atoms with Crippen LogP contribution in [0.4, 0.5) is 13.2 Å². The van der Waals surface area contributed by atoms with Crippen LogP contribution in [0.15, 0.2) is 16.0 Å². The van der Waals surface area contributed by atoms with E-state index < -0.39 is 17.0 Å². The average Bonchev–Trinajstić information content (AvgIpc) is 2.85. The molecule has 0 bridgehead atoms. The van der Waals surface area contributed by atoms with Gasteiger partial charge in [-0.15, -0.1) is 22.7 Å². The summed E-state index contributed by atoms with van der Waals surface area (Å²) in [5, 5.41) is -1.00. The molecule has 0 atom stereocenters. The maximum Gasteiger partial charge on any atom is 0.443 e. The summed E-state index contributed by atoms with van der Waals surface area (Å²) in [6, 6.07) is 1.64. The van der Waals surface area contributed by atoms with Crippen LogP contribution in [0.5, 0.6) is 0 Å². The number of nitrogens with zero attached hydrogens (tertiary/aromatic N) is 1. The van der Waals surface area contributed by atoms with Crippen LogP contribution in [0.1, 0.15) is 25.1 Å². The molecule has 2 aromatic rings. The third-order valence-electron chi connectivity index (χ3n) is 2.05. The topological polar surface area (TPSA) is 30.0 Å². The Kier molecular flexibility index (Phi) is 3.61. The van der Waals surface area contributed by atoms with Gasteiger partial charge in [0.15, 0.2) is 5.01 Å². The molecule has 0 radical (unpaired) electrons. The zero-order valence-corrected chi connectivity index (χ0v) is 12.1. The highest BCUT2D eigenvalue weighted by Crippen LogP contribution is 2.34. The van der Waals surface area contributed by atoms with Crippen LogP contribution in [-0.4, -0.2) is 10.8 Å². The number of hydrogen-bond acceptors (Lipinski definition) is 4. The Morgan fingerprint density at radius 2 is 2.00 bits per heavy atom. The molecule has 0 N–H and O–H groups in total. The summed E-state index contributed by atoms with van der Waals surface area (Å²) < 4.78 is 37.9. The van der Waals surface area contributed by atoms with Crippen molar-refractivity contribution in [3.63, 3.8) is 0 Å². The van der Waals surface area contributed by atoms with Crippen molar-refractivity contribution in [3.8, 4) is 0 Å². The van der Waals surface area contributed by atoms with E-state index in [9.17, 15) is 18.0 Å². The van der Waals surface area contributed by atoms with E-state index in [2.05, 4.69) is 20.9 Å². The second-order valence-electron chi connectivity index (χ2n) is 3.42. The van der Waals surface area contributed by atoms with Crippen molar-refractivity contribution in [1.29, 1.82) is 0 Å². The van der Waals surface area contributed by atoms with Gasteiger partial charge in [-0.2, -0.15) is 13.2 Å². The normalized spacial score (nSPS) is 11.8. The number of carbonyl (C=O) groups excluding carboxylic acids is 1. The highest BCUT2D eigenvalue weighted by atomic mass is 79.9. The minimum atomic E-state index is -4.50. The molecular formula is C10H5BrF3NOS2. The van der Waals surface area contributed by atoms with Crippen molar-refractivity contribution in [2.75, 3.05) is 0 Å². The maximum absolute atomic E-state index is 12.4. The van der Waals surface area contributed by atoms with E-state index in [0.29, 0.717) is 16.2 Å². The zero-order valence-electron chi connectivity index (χ0n) is 8.84. The van der Waals surface area contributed by atoms with Gasteiger partial charge in [-0.1, -0.05) is 0 Å². The number of carbonyl (C=O) groups is 1. The molecule has 2 heterocycles. The van der Waals surface area contributed by atoms with E-state index in [1.165, 1.54) is 11.3 Å². The lowest BCUT2D eigenvalue weighted by atomic mass is 10.2. The molecule has 0 fully saturated rings. The predicted octanol–water partition coefficient (Wildman–Crippen LogP) is 4.53. The Bertz CT molecular complexity index is 583. The Balaban J connectivity index is 2.32. The Hall–Kier alpha value is -0.730. The molecule has 2 nitrogen and oxygen atoms in total. The Morgan fingerprint density at radius 3 is 2.44 bits per heavy atom. The lowest BCUT2D eigenvalue weighted by Crippen LogP contribution is -2.03. The molecule has 0 spiro atoms. The van der Waals surface area contributed by atoms with Gasteiger partial charge < -0.3 is 0 Å². The first kappa shape index (κ1) is 13.7. The molecule has 0 saturated carbocycles. The van der Waals surface area contributed by atoms with Gasteiger partial charge in [0.1, 0.15) is 0 Å². The molecule has 0 unspecified atom stereocenters. The molecule has 0 saturated heterocycles. The fraction of sp³-hybridized carbons (Fsp3) is 0.200.